The van der Waals surface area contributed by atoms with Crippen molar-refractivity contribution in [2.24, 2.45) is 0 Å². The van der Waals surface area contributed by atoms with E-state index in [0.29, 0.717) is 0 Å². The minimum atomic E-state index is -4.67. The summed E-state index contributed by atoms with van der Waals surface area (Å²) in [4.78, 5) is 0. The number of ether oxygens (including phenoxy) is 2. The Morgan fingerprint density at radius 1 is 1.09 bits per heavy atom. The molecule has 0 fully saturated rings. The molecule has 0 bridgehead atoms. The maximum absolute atomic E-state index is 8.74. The molecular weight excluding hydrogens is 342 g/mol. The van der Waals surface area contributed by atoms with Crippen LogP contribution in [0.3, 0.4) is 0 Å². The van der Waals surface area contributed by atoms with Gasteiger partial charge in [0.2, 0.25) is 0 Å². The predicted octanol–water partition coefficient (Wildman–Crippen LogP) is 1.89. The third kappa shape index (κ3) is 13.2. The summed E-state index contributed by atoms with van der Waals surface area (Å²) in [5.74, 6) is 2.50. The van der Waals surface area contributed by atoms with E-state index in [2.05, 4.69) is 30.1 Å². The molecule has 7 nitrogen and oxygen atoms in total. The first-order valence-electron chi connectivity index (χ1n) is 7.04. The first kappa shape index (κ1) is 22.0. The predicted molar refractivity (Wildman–Crippen MR) is 93.4 cm³/mol. The molecule has 1 aromatic carbocycles. The summed E-state index contributed by atoms with van der Waals surface area (Å²) < 4.78 is 42.1. The van der Waals surface area contributed by atoms with E-state index in [-0.39, 0.29) is 0 Å². The van der Waals surface area contributed by atoms with Gasteiger partial charge in [-0.3, -0.25) is 9.11 Å². The van der Waals surface area contributed by atoms with E-state index in [4.69, 9.17) is 27.0 Å². The number of hydrogen-bond acceptors (Lipinski definition) is 6. The average molecular weight is 367 g/mol. The van der Waals surface area contributed by atoms with Crippen LogP contribution in [0, 0.1) is 0 Å². The molecule has 3 N–H and O–H groups in total. The van der Waals surface area contributed by atoms with Crippen LogP contribution in [0.2, 0.25) is 0 Å². The van der Waals surface area contributed by atoms with Crippen LogP contribution < -0.4 is 14.8 Å². The second-order valence-electron chi connectivity index (χ2n) is 4.57. The molecule has 0 aliphatic heterocycles. The standard InChI is InChI=1S/C14H23NO2S.H2O4S/c1-16-13-7-6-12(11-14(13)17-2)5-3-4-8-15-9-10-18;1-5(2,3)4/h6-7,11,15,18H,3-5,8-10H2,1-2H3;(H2,1,2,3,4). The molecular formula is C14H25NO6S2. The van der Waals surface area contributed by atoms with Gasteiger partial charge in [-0.2, -0.15) is 21.0 Å². The summed E-state index contributed by atoms with van der Waals surface area (Å²) in [6.45, 7) is 2.05. The molecule has 0 unspecified atom stereocenters. The Kier molecular flexibility index (Phi) is 11.9. The number of rotatable bonds is 9. The smallest absolute Gasteiger partial charge is 0.394 e. The number of nitrogens with one attached hydrogen (secondary N) is 1. The Morgan fingerprint density at radius 2 is 1.70 bits per heavy atom. The third-order valence-corrected chi connectivity index (χ3v) is 3.03. The lowest BCUT2D eigenvalue weighted by molar-refractivity contribution is 0.354. The van der Waals surface area contributed by atoms with Crippen molar-refractivity contribution in [1.29, 1.82) is 0 Å². The number of thiol groups is 1. The van der Waals surface area contributed by atoms with Crippen molar-refractivity contribution in [3.8, 4) is 11.5 Å². The molecule has 0 atom stereocenters. The highest BCUT2D eigenvalue weighted by Crippen LogP contribution is 2.27. The Hall–Kier alpha value is -1.00. The second-order valence-corrected chi connectivity index (χ2v) is 5.91. The molecule has 0 aliphatic rings. The van der Waals surface area contributed by atoms with Crippen molar-refractivity contribution < 1.29 is 27.0 Å². The van der Waals surface area contributed by atoms with E-state index in [1.165, 1.54) is 18.4 Å². The fourth-order valence-corrected chi connectivity index (χ4v) is 1.98. The summed E-state index contributed by atoms with van der Waals surface area (Å²) >= 11 is 4.16. The molecule has 0 amide bonds. The van der Waals surface area contributed by atoms with Crippen molar-refractivity contribution in [2.75, 3.05) is 33.1 Å². The van der Waals surface area contributed by atoms with Gasteiger partial charge in [-0.25, -0.2) is 0 Å². The van der Waals surface area contributed by atoms with Crippen LogP contribution in [0.4, 0.5) is 0 Å². The van der Waals surface area contributed by atoms with E-state index >= 15 is 0 Å². The zero-order valence-electron chi connectivity index (χ0n) is 13.4. The molecule has 0 radical (unpaired) electrons. The molecule has 0 saturated carbocycles. The van der Waals surface area contributed by atoms with Gasteiger partial charge in [0, 0.05) is 12.3 Å². The summed E-state index contributed by atoms with van der Waals surface area (Å²) in [6, 6.07) is 6.12. The zero-order chi connectivity index (χ0) is 17.7. The van der Waals surface area contributed by atoms with Crippen molar-refractivity contribution in [3.63, 3.8) is 0 Å². The maximum Gasteiger partial charge on any atom is 0.394 e. The van der Waals surface area contributed by atoms with Gasteiger partial charge < -0.3 is 14.8 Å². The molecule has 1 rings (SSSR count). The summed E-state index contributed by atoms with van der Waals surface area (Å²) in [6.07, 6.45) is 3.43. The molecule has 0 heterocycles. The van der Waals surface area contributed by atoms with Gasteiger partial charge >= 0.3 is 10.4 Å². The van der Waals surface area contributed by atoms with Crippen molar-refractivity contribution in [1.82, 2.24) is 5.32 Å². The maximum atomic E-state index is 8.74. The lowest BCUT2D eigenvalue weighted by atomic mass is 10.1. The number of aryl methyl sites for hydroxylation is 1. The number of methoxy groups -OCH3 is 2. The van der Waals surface area contributed by atoms with Gasteiger partial charge in [-0.15, -0.1) is 0 Å². The van der Waals surface area contributed by atoms with Crippen LogP contribution in [0.15, 0.2) is 18.2 Å². The Bertz CT molecular complexity index is 528. The summed E-state index contributed by atoms with van der Waals surface area (Å²) in [5, 5.41) is 3.34. The van der Waals surface area contributed by atoms with Gasteiger partial charge in [-0.05, 0) is 43.5 Å². The quantitative estimate of drug-likeness (QED) is 0.300. The van der Waals surface area contributed by atoms with E-state index in [1.807, 2.05) is 6.07 Å². The number of benzene rings is 1. The Morgan fingerprint density at radius 3 is 2.22 bits per heavy atom. The van der Waals surface area contributed by atoms with E-state index in [1.54, 1.807) is 14.2 Å². The number of unbranched alkanes of at least 4 members (excludes halogenated alkanes) is 1. The van der Waals surface area contributed by atoms with Crippen LogP contribution in [-0.4, -0.2) is 50.6 Å². The third-order valence-electron chi connectivity index (χ3n) is 2.81. The molecule has 134 valence electrons. The van der Waals surface area contributed by atoms with Gasteiger partial charge in [0.1, 0.15) is 0 Å². The largest absolute Gasteiger partial charge is 0.493 e. The van der Waals surface area contributed by atoms with Crippen molar-refractivity contribution >= 4 is 23.0 Å². The number of hydrogen-bond donors (Lipinski definition) is 4. The van der Waals surface area contributed by atoms with Gasteiger partial charge in [0.05, 0.1) is 14.2 Å². The molecule has 9 heteroatoms. The van der Waals surface area contributed by atoms with E-state index < -0.39 is 10.4 Å². The highest BCUT2D eigenvalue weighted by Gasteiger charge is 2.04. The van der Waals surface area contributed by atoms with E-state index in [9.17, 15) is 0 Å². The first-order valence-corrected chi connectivity index (χ1v) is 9.07. The van der Waals surface area contributed by atoms with Crippen LogP contribution in [0.1, 0.15) is 18.4 Å². The first-order chi connectivity index (χ1) is 10.8. The Labute approximate surface area is 143 Å². The topological polar surface area (TPSA) is 105 Å². The van der Waals surface area contributed by atoms with Gasteiger partial charge in [0.25, 0.3) is 0 Å². The summed E-state index contributed by atoms with van der Waals surface area (Å²) in [5.41, 5.74) is 1.29. The highest BCUT2D eigenvalue weighted by molar-refractivity contribution is 7.80. The van der Waals surface area contributed by atoms with Crippen LogP contribution in [0.5, 0.6) is 11.5 Å². The van der Waals surface area contributed by atoms with E-state index in [0.717, 1.165) is 36.8 Å². The SMILES string of the molecule is COc1ccc(CCCCNCCS)cc1OC.O=S(=O)(O)O. The monoisotopic (exact) mass is 367 g/mol. The highest BCUT2D eigenvalue weighted by atomic mass is 32.3. The fraction of sp³-hybridized carbons (Fsp3) is 0.571. The van der Waals surface area contributed by atoms with Gasteiger partial charge in [-0.1, -0.05) is 6.07 Å². The molecule has 0 saturated heterocycles. The molecule has 0 aromatic heterocycles. The zero-order valence-corrected chi connectivity index (χ0v) is 15.1. The van der Waals surface area contributed by atoms with Crippen molar-refractivity contribution in [2.45, 2.75) is 19.3 Å². The minimum Gasteiger partial charge on any atom is -0.493 e. The van der Waals surface area contributed by atoms with Crippen LogP contribution in [0.25, 0.3) is 0 Å². The molecule has 0 spiro atoms. The van der Waals surface area contributed by atoms with Crippen LogP contribution >= 0.6 is 12.6 Å². The van der Waals surface area contributed by atoms with Crippen molar-refractivity contribution in [3.05, 3.63) is 23.8 Å². The lowest BCUT2D eigenvalue weighted by Crippen LogP contribution is -2.17. The van der Waals surface area contributed by atoms with Crippen LogP contribution in [-0.2, 0) is 16.8 Å². The molecule has 0 aliphatic carbocycles. The average Bonchev–Trinajstić information content (AvgIpc) is 2.48. The molecule has 23 heavy (non-hydrogen) atoms. The lowest BCUT2D eigenvalue weighted by Gasteiger charge is -2.09. The fourth-order valence-electron chi connectivity index (χ4n) is 1.82. The normalized spacial score (nSPS) is 10.7. The second kappa shape index (κ2) is 12.4. The Balaban J connectivity index is 0.000000841. The summed E-state index contributed by atoms with van der Waals surface area (Å²) in [7, 11) is -1.34. The minimum absolute atomic E-state index is 0.789. The van der Waals surface area contributed by atoms with Gasteiger partial charge in [0.15, 0.2) is 11.5 Å². The molecule has 1 aromatic rings.